The number of nitrogens with zero attached hydrogens (tertiary/aromatic N) is 2. The molecule has 0 amide bonds. The van der Waals surface area contributed by atoms with Crippen LogP contribution in [-0.4, -0.2) is 15.0 Å². The van der Waals surface area contributed by atoms with Crippen molar-refractivity contribution < 1.29 is 0 Å². The molecule has 0 atom stereocenters. The van der Waals surface area contributed by atoms with Crippen molar-refractivity contribution in [3.05, 3.63) is 48.5 Å². The number of benzene rings is 1. The highest BCUT2D eigenvalue weighted by Gasteiger charge is 2.07. The first-order valence-electron chi connectivity index (χ1n) is 5.47. The van der Waals surface area contributed by atoms with Crippen LogP contribution in [0, 0.1) is 0 Å². The smallest absolute Gasteiger partial charge is 0.142 e. The summed E-state index contributed by atoms with van der Waals surface area (Å²) in [5.41, 5.74) is 8.64. The Labute approximate surface area is 98.5 Å². The lowest BCUT2D eigenvalue weighted by atomic mass is 10.1. The third kappa shape index (κ3) is 1.68. The number of aromatic amines is 1. The van der Waals surface area contributed by atoms with E-state index in [1.165, 1.54) is 0 Å². The molecule has 2 heterocycles. The molecule has 3 aromatic rings. The predicted octanol–water partition coefficient (Wildman–Crippen LogP) is 2.08. The van der Waals surface area contributed by atoms with Gasteiger partial charge in [-0.25, -0.2) is 9.97 Å². The van der Waals surface area contributed by atoms with Gasteiger partial charge in [-0.3, -0.25) is 0 Å². The summed E-state index contributed by atoms with van der Waals surface area (Å²) in [6, 6.07) is 10.0. The summed E-state index contributed by atoms with van der Waals surface area (Å²) in [5.74, 6) is 0.660. The molecule has 4 heteroatoms. The zero-order valence-corrected chi connectivity index (χ0v) is 9.22. The molecule has 0 aliphatic heterocycles. The van der Waals surface area contributed by atoms with E-state index in [0.717, 1.165) is 22.2 Å². The van der Waals surface area contributed by atoms with Gasteiger partial charge in [-0.15, -0.1) is 0 Å². The Kier molecular flexibility index (Phi) is 2.34. The number of hydrogen-bond donors (Lipinski definition) is 2. The van der Waals surface area contributed by atoms with Crippen LogP contribution in [0.1, 0.15) is 5.82 Å². The third-order valence-electron chi connectivity index (χ3n) is 2.75. The molecule has 0 spiro atoms. The van der Waals surface area contributed by atoms with Gasteiger partial charge in [0.2, 0.25) is 0 Å². The highest BCUT2D eigenvalue weighted by Crippen LogP contribution is 2.26. The molecule has 0 unspecified atom stereocenters. The number of hydrogen-bond acceptors (Lipinski definition) is 3. The van der Waals surface area contributed by atoms with Crippen LogP contribution >= 0.6 is 0 Å². The van der Waals surface area contributed by atoms with Crippen molar-refractivity contribution in [1.82, 2.24) is 15.0 Å². The van der Waals surface area contributed by atoms with Crippen LogP contribution in [0.15, 0.2) is 42.7 Å². The van der Waals surface area contributed by atoms with E-state index in [9.17, 15) is 0 Å². The Bertz CT molecular complexity index is 657. The maximum atomic E-state index is 5.55. The van der Waals surface area contributed by atoms with Crippen molar-refractivity contribution >= 4 is 10.9 Å². The quantitative estimate of drug-likeness (QED) is 0.700. The Morgan fingerprint density at radius 2 is 2.06 bits per heavy atom. The first-order valence-corrected chi connectivity index (χ1v) is 5.47. The second-order valence-corrected chi connectivity index (χ2v) is 3.81. The normalized spacial score (nSPS) is 10.9. The summed E-state index contributed by atoms with van der Waals surface area (Å²) >= 11 is 0. The maximum Gasteiger partial charge on any atom is 0.142 e. The second-order valence-electron chi connectivity index (χ2n) is 3.81. The lowest BCUT2D eigenvalue weighted by Crippen LogP contribution is -2.02. The van der Waals surface area contributed by atoms with E-state index in [0.29, 0.717) is 12.4 Å². The van der Waals surface area contributed by atoms with E-state index in [4.69, 9.17) is 5.73 Å². The summed E-state index contributed by atoms with van der Waals surface area (Å²) in [5, 5.41) is 1.16. The minimum atomic E-state index is 0.357. The number of para-hydroxylation sites is 1. The molecular weight excluding hydrogens is 212 g/mol. The van der Waals surface area contributed by atoms with E-state index in [2.05, 4.69) is 21.0 Å². The molecule has 0 radical (unpaired) electrons. The van der Waals surface area contributed by atoms with Gasteiger partial charge in [0.1, 0.15) is 5.82 Å². The number of fused-ring (bicyclic) bond motifs is 1. The number of H-pyrrole nitrogens is 1. The van der Waals surface area contributed by atoms with Gasteiger partial charge in [-0.1, -0.05) is 18.2 Å². The fourth-order valence-electron chi connectivity index (χ4n) is 1.93. The molecule has 0 aliphatic carbocycles. The highest BCUT2D eigenvalue weighted by atomic mass is 14.9. The molecule has 0 fully saturated rings. The molecule has 0 bridgehead atoms. The predicted molar refractivity (Wildman–Crippen MR) is 67.2 cm³/mol. The lowest BCUT2D eigenvalue weighted by Gasteiger charge is -2.00. The topological polar surface area (TPSA) is 67.6 Å². The van der Waals surface area contributed by atoms with E-state index in [1.54, 1.807) is 6.20 Å². The maximum absolute atomic E-state index is 5.55. The average molecular weight is 224 g/mol. The Hall–Kier alpha value is -2.20. The lowest BCUT2D eigenvalue weighted by molar-refractivity contribution is 0.912. The van der Waals surface area contributed by atoms with Gasteiger partial charge in [-0.05, 0) is 12.1 Å². The standard InChI is InChI=1S/C13H12N4/c14-7-13-15-6-5-12(17-13)10-8-16-11-4-2-1-3-9(10)11/h1-6,8,16H,7,14H2. The SMILES string of the molecule is NCc1nccc(-c2c[nH]c3ccccc23)n1. The minimum absolute atomic E-state index is 0.357. The molecule has 1 aromatic carbocycles. The molecule has 84 valence electrons. The molecule has 17 heavy (non-hydrogen) atoms. The van der Waals surface area contributed by atoms with Crippen LogP contribution in [0.5, 0.6) is 0 Å². The molecule has 4 nitrogen and oxygen atoms in total. The summed E-state index contributed by atoms with van der Waals surface area (Å²) in [6.45, 7) is 0.357. The van der Waals surface area contributed by atoms with Crippen molar-refractivity contribution in [2.45, 2.75) is 6.54 Å². The molecule has 2 aromatic heterocycles. The molecule has 0 saturated heterocycles. The second kappa shape index (κ2) is 3.99. The Morgan fingerprint density at radius 1 is 1.18 bits per heavy atom. The number of nitrogens with two attached hydrogens (primary N) is 1. The fourth-order valence-corrected chi connectivity index (χ4v) is 1.93. The van der Waals surface area contributed by atoms with Crippen molar-refractivity contribution in [1.29, 1.82) is 0 Å². The third-order valence-corrected chi connectivity index (χ3v) is 2.75. The van der Waals surface area contributed by atoms with Gasteiger partial charge in [0.15, 0.2) is 0 Å². The van der Waals surface area contributed by atoms with E-state index in [1.807, 2.05) is 30.5 Å². The van der Waals surface area contributed by atoms with Crippen LogP contribution in [0.2, 0.25) is 0 Å². The number of aromatic nitrogens is 3. The highest BCUT2D eigenvalue weighted by molar-refractivity contribution is 5.94. The van der Waals surface area contributed by atoms with Crippen molar-refractivity contribution in [3.8, 4) is 11.3 Å². The monoisotopic (exact) mass is 224 g/mol. The fraction of sp³-hybridized carbons (Fsp3) is 0.0769. The first kappa shape index (κ1) is 9.99. The average Bonchev–Trinajstić information content (AvgIpc) is 2.82. The van der Waals surface area contributed by atoms with Gasteiger partial charge in [0.05, 0.1) is 12.2 Å². The van der Waals surface area contributed by atoms with Crippen molar-refractivity contribution in [2.75, 3.05) is 0 Å². The minimum Gasteiger partial charge on any atom is -0.360 e. The van der Waals surface area contributed by atoms with Crippen LogP contribution in [0.25, 0.3) is 22.2 Å². The largest absolute Gasteiger partial charge is 0.360 e. The zero-order valence-electron chi connectivity index (χ0n) is 9.22. The Morgan fingerprint density at radius 3 is 2.94 bits per heavy atom. The molecule has 3 rings (SSSR count). The van der Waals surface area contributed by atoms with E-state index in [-0.39, 0.29) is 0 Å². The zero-order chi connectivity index (χ0) is 11.7. The van der Waals surface area contributed by atoms with Gasteiger partial charge in [0.25, 0.3) is 0 Å². The van der Waals surface area contributed by atoms with E-state index >= 15 is 0 Å². The van der Waals surface area contributed by atoms with Gasteiger partial charge in [0, 0.05) is 28.9 Å². The van der Waals surface area contributed by atoms with Crippen LogP contribution in [-0.2, 0) is 6.54 Å². The molecule has 0 aliphatic rings. The van der Waals surface area contributed by atoms with Gasteiger partial charge in [-0.2, -0.15) is 0 Å². The number of nitrogens with one attached hydrogen (secondary N) is 1. The number of rotatable bonds is 2. The van der Waals surface area contributed by atoms with E-state index < -0.39 is 0 Å². The van der Waals surface area contributed by atoms with Gasteiger partial charge < -0.3 is 10.7 Å². The summed E-state index contributed by atoms with van der Waals surface area (Å²) in [4.78, 5) is 11.8. The molecular formula is C13H12N4. The molecule has 0 saturated carbocycles. The summed E-state index contributed by atoms with van der Waals surface area (Å²) in [6.07, 6.45) is 3.71. The summed E-state index contributed by atoms with van der Waals surface area (Å²) < 4.78 is 0. The van der Waals surface area contributed by atoms with Gasteiger partial charge >= 0.3 is 0 Å². The molecule has 3 N–H and O–H groups in total. The summed E-state index contributed by atoms with van der Waals surface area (Å²) in [7, 11) is 0. The first-order chi connectivity index (χ1) is 8.38. The van der Waals surface area contributed by atoms with Crippen LogP contribution in [0.4, 0.5) is 0 Å². The van der Waals surface area contributed by atoms with Crippen LogP contribution in [0.3, 0.4) is 0 Å². The van der Waals surface area contributed by atoms with Crippen molar-refractivity contribution in [3.63, 3.8) is 0 Å². The van der Waals surface area contributed by atoms with Crippen molar-refractivity contribution in [2.24, 2.45) is 5.73 Å². The van der Waals surface area contributed by atoms with Crippen LogP contribution < -0.4 is 5.73 Å². The Balaban J connectivity index is 2.20.